The van der Waals surface area contributed by atoms with Crippen molar-refractivity contribution in [3.63, 3.8) is 0 Å². The van der Waals surface area contributed by atoms with Crippen LogP contribution < -0.4 is 0 Å². The Morgan fingerprint density at radius 3 is 2.40 bits per heavy atom. The van der Waals surface area contributed by atoms with Gasteiger partial charge < -0.3 is 10.2 Å². The van der Waals surface area contributed by atoms with E-state index < -0.39 is 0 Å². The number of phenols is 2. The van der Waals surface area contributed by atoms with Gasteiger partial charge in [-0.1, -0.05) is 6.07 Å². The van der Waals surface area contributed by atoms with Crippen molar-refractivity contribution in [2.75, 3.05) is 0 Å². The Labute approximate surface area is 59.7 Å². The van der Waals surface area contributed by atoms with Crippen molar-refractivity contribution in [1.82, 2.24) is 0 Å². The molecule has 0 saturated carbocycles. The van der Waals surface area contributed by atoms with Crippen molar-refractivity contribution in [2.45, 2.75) is 6.42 Å². The molecule has 0 atom stereocenters. The Morgan fingerprint density at radius 2 is 1.90 bits per heavy atom. The Bertz CT molecular complexity index is 231. The van der Waals surface area contributed by atoms with Crippen molar-refractivity contribution in [3.8, 4) is 11.5 Å². The largest absolute Gasteiger partial charge is 0.504 e. The van der Waals surface area contributed by atoms with Crippen LogP contribution in [0.2, 0.25) is 0 Å². The summed E-state index contributed by atoms with van der Waals surface area (Å²) < 4.78 is 0. The molecule has 2 nitrogen and oxygen atoms in total. The standard InChI is InChI=1S/C8H8O2/c1-2-6-3-4-7(9)8(10)5-6/h3-5H,1-2H2,(H-,9,10)/p+1. The Morgan fingerprint density at radius 1 is 1.20 bits per heavy atom. The molecule has 1 aromatic rings. The van der Waals surface area contributed by atoms with Crippen LogP contribution in [0, 0.1) is 6.92 Å². The van der Waals surface area contributed by atoms with Crippen LogP contribution in [0.15, 0.2) is 18.2 Å². The van der Waals surface area contributed by atoms with E-state index in [9.17, 15) is 0 Å². The summed E-state index contributed by atoms with van der Waals surface area (Å²) in [5.41, 5.74) is 0.912. The van der Waals surface area contributed by atoms with E-state index in [4.69, 9.17) is 10.2 Å². The Kier molecular flexibility index (Phi) is 1.71. The van der Waals surface area contributed by atoms with Crippen molar-refractivity contribution < 1.29 is 10.2 Å². The molecule has 0 saturated heterocycles. The molecule has 0 bridgehead atoms. The fraction of sp³-hybridized carbons (Fsp3) is 0.125. The second-order valence-corrected chi connectivity index (χ2v) is 2.07. The molecule has 1 rings (SSSR count). The van der Waals surface area contributed by atoms with E-state index in [-0.39, 0.29) is 11.5 Å². The first kappa shape index (κ1) is 6.81. The number of aromatic hydroxyl groups is 2. The van der Waals surface area contributed by atoms with Gasteiger partial charge in [-0.25, -0.2) is 0 Å². The van der Waals surface area contributed by atoms with E-state index in [0.717, 1.165) is 5.56 Å². The van der Waals surface area contributed by atoms with Gasteiger partial charge in [0.15, 0.2) is 11.5 Å². The molecule has 0 amide bonds. The first-order valence-corrected chi connectivity index (χ1v) is 3.04. The molecule has 0 spiro atoms. The quantitative estimate of drug-likeness (QED) is 0.454. The minimum absolute atomic E-state index is 0.0823. The maximum atomic E-state index is 8.95. The minimum atomic E-state index is -0.0859. The second kappa shape index (κ2) is 2.52. The average molecular weight is 137 g/mol. The molecule has 2 N–H and O–H groups in total. The van der Waals surface area contributed by atoms with Gasteiger partial charge in [-0.05, 0) is 17.7 Å². The first-order chi connectivity index (χ1) is 4.74. The van der Waals surface area contributed by atoms with Gasteiger partial charge in [-0.3, -0.25) is 0 Å². The molecule has 10 heavy (non-hydrogen) atoms. The molecule has 0 aliphatic rings. The third kappa shape index (κ3) is 1.16. The summed E-state index contributed by atoms with van der Waals surface area (Å²) in [7, 11) is 0. The Balaban J connectivity index is 3.04. The lowest BCUT2D eigenvalue weighted by Crippen LogP contribution is -1.78. The van der Waals surface area contributed by atoms with Crippen LogP contribution in [0.4, 0.5) is 0 Å². The van der Waals surface area contributed by atoms with Crippen LogP contribution in [0.5, 0.6) is 11.5 Å². The van der Waals surface area contributed by atoms with Gasteiger partial charge in [-0.15, -0.1) is 0 Å². The van der Waals surface area contributed by atoms with Gasteiger partial charge in [-0.2, -0.15) is 0 Å². The van der Waals surface area contributed by atoms with Crippen molar-refractivity contribution in [2.24, 2.45) is 0 Å². The summed E-state index contributed by atoms with van der Waals surface area (Å²) in [4.78, 5) is 0. The topological polar surface area (TPSA) is 40.5 Å². The number of hydrogen-bond acceptors (Lipinski definition) is 2. The van der Waals surface area contributed by atoms with Crippen LogP contribution in [-0.4, -0.2) is 10.2 Å². The molecular weight excluding hydrogens is 128 g/mol. The van der Waals surface area contributed by atoms with Crippen LogP contribution in [0.25, 0.3) is 0 Å². The lowest BCUT2D eigenvalue weighted by molar-refractivity contribution is 0.403. The van der Waals surface area contributed by atoms with Crippen molar-refractivity contribution >= 4 is 0 Å². The molecule has 0 unspecified atom stereocenters. The zero-order valence-electron chi connectivity index (χ0n) is 5.54. The van der Waals surface area contributed by atoms with Gasteiger partial charge in [0.2, 0.25) is 0 Å². The van der Waals surface area contributed by atoms with Crippen molar-refractivity contribution in [1.29, 1.82) is 0 Å². The van der Waals surface area contributed by atoms with Gasteiger partial charge in [0.05, 0.1) is 6.92 Å². The van der Waals surface area contributed by atoms with E-state index in [1.807, 2.05) is 0 Å². The van der Waals surface area contributed by atoms with Gasteiger partial charge in [0.1, 0.15) is 6.42 Å². The smallest absolute Gasteiger partial charge is 0.157 e. The van der Waals surface area contributed by atoms with E-state index >= 15 is 0 Å². The fourth-order valence-corrected chi connectivity index (χ4v) is 0.725. The minimum Gasteiger partial charge on any atom is -0.504 e. The predicted octanol–water partition coefficient (Wildman–Crippen LogP) is 1.47. The van der Waals surface area contributed by atoms with Crippen LogP contribution in [0.3, 0.4) is 0 Å². The molecule has 0 fully saturated rings. The molecule has 0 radical (unpaired) electrons. The van der Waals surface area contributed by atoms with Gasteiger partial charge >= 0.3 is 0 Å². The highest BCUT2D eigenvalue weighted by molar-refractivity contribution is 5.40. The number of hydrogen-bond donors (Lipinski definition) is 2. The highest BCUT2D eigenvalue weighted by atomic mass is 16.3. The normalized spacial score (nSPS) is 9.60. The zero-order valence-corrected chi connectivity index (χ0v) is 5.54. The molecule has 0 aliphatic heterocycles. The summed E-state index contributed by atoms with van der Waals surface area (Å²) >= 11 is 0. The van der Waals surface area contributed by atoms with E-state index in [1.54, 1.807) is 6.07 Å². The molecule has 0 aliphatic carbocycles. The molecule has 2 heteroatoms. The molecule has 52 valence electrons. The molecular formula is C8H9O2+. The van der Waals surface area contributed by atoms with Crippen LogP contribution in [-0.2, 0) is 6.42 Å². The number of phenolic OH excluding ortho intramolecular Hbond substituents is 2. The van der Waals surface area contributed by atoms with Crippen LogP contribution in [0.1, 0.15) is 5.56 Å². The predicted molar refractivity (Wildman–Crippen MR) is 38.8 cm³/mol. The van der Waals surface area contributed by atoms with Gasteiger partial charge in [0, 0.05) is 0 Å². The van der Waals surface area contributed by atoms with E-state index in [1.165, 1.54) is 12.1 Å². The van der Waals surface area contributed by atoms with Crippen molar-refractivity contribution in [3.05, 3.63) is 30.7 Å². The van der Waals surface area contributed by atoms with E-state index in [2.05, 4.69) is 6.92 Å². The number of rotatable bonds is 1. The third-order valence-electron chi connectivity index (χ3n) is 1.33. The summed E-state index contributed by atoms with van der Waals surface area (Å²) in [5.74, 6) is -0.168. The third-order valence-corrected chi connectivity index (χ3v) is 1.33. The monoisotopic (exact) mass is 137 g/mol. The zero-order chi connectivity index (χ0) is 7.56. The summed E-state index contributed by atoms with van der Waals surface area (Å²) in [5, 5.41) is 17.8. The highest BCUT2D eigenvalue weighted by Crippen LogP contribution is 2.24. The lowest BCUT2D eigenvalue weighted by atomic mass is 10.1. The second-order valence-electron chi connectivity index (χ2n) is 2.07. The average Bonchev–Trinajstić information content (AvgIpc) is 1.95. The van der Waals surface area contributed by atoms with Crippen LogP contribution >= 0.6 is 0 Å². The Hall–Kier alpha value is -1.31. The molecule has 0 heterocycles. The maximum Gasteiger partial charge on any atom is 0.157 e. The lowest BCUT2D eigenvalue weighted by Gasteiger charge is -1.96. The summed E-state index contributed by atoms with van der Waals surface area (Å²) in [6.45, 7) is 3.63. The highest BCUT2D eigenvalue weighted by Gasteiger charge is 1.99. The summed E-state index contributed by atoms with van der Waals surface area (Å²) in [6.07, 6.45) is 0.619. The maximum absolute atomic E-state index is 8.95. The summed E-state index contributed by atoms with van der Waals surface area (Å²) in [6, 6.07) is 4.68. The first-order valence-electron chi connectivity index (χ1n) is 3.04. The fourth-order valence-electron chi connectivity index (χ4n) is 0.725. The van der Waals surface area contributed by atoms with E-state index in [0.29, 0.717) is 6.42 Å². The molecule has 1 aromatic carbocycles. The number of benzene rings is 1. The van der Waals surface area contributed by atoms with Gasteiger partial charge in [0.25, 0.3) is 0 Å². The SMILES string of the molecule is [CH2+]Cc1ccc(O)c(O)c1. The molecule has 0 aromatic heterocycles.